The smallest absolute Gasteiger partial charge is 0.224 e. The Morgan fingerprint density at radius 1 is 1.30 bits per heavy atom. The third-order valence-electron chi connectivity index (χ3n) is 4.65. The number of hydrogen-bond acceptors (Lipinski definition) is 2. The number of halogens is 1. The lowest BCUT2D eigenvalue weighted by molar-refractivity contribution is -0.131. The number of nitrogens with one attached hydrogen (secondary N) is 1. The molecule has 0 bridgehead atoms. The maximum atomic E-state index is 12.2. The molecule has 2 rings (SSSR count). The molecular formula is C16H23ClN2O. The molecule has 0 saturated heterocycles. The van der Waals surface area contributed by atoms with E-state index in [4.69, 9.17) is 17.3 Å². The summed E-state index contributed by atoms with van der Waals surface area (Å²) in [5, 5.41) is 3.79. The minimum absolute atomic E-state index is 0.0188. The van der Waals surface area contributed by atoms with E-state index in [-0.39, 0.29) is 28.8 Å². The Bertz CT molecular complexity index is 509. The highest BCUT2D eigenvalue weighted by molar-refractivity contribution is 6.30. The average molecular weight is 295 g/mol. The van der Waals surface area contributed by atoms with E-state index in [1.165, 1.54) is 0 Å². The summed E-state index contributed by atoms with van der Waals surface area (Å²) in [6.45, 7) is 8.42. The van der Waals surface area contributed by atoms with Crippen LogP contribution in [0.25, 0.3) is 0 Å². The SMILES string of the molecule is CC1(C)C(N)C(C)(C)C1NC(=O)Cc1cccc(Cl)c1. The van der Waals surface area contributed by atoms with Gasteiger partial charge in [0.05, 0.1) is 6.42 Å². The van der Waals surface area contributed by atoms with E-state index in [2.05, 4.69) is 33.0 Å². The maximum absolute atomic E-state index is 12.2. The highest BCUT2D eigenvalue weighted by Gasteiger charge is 2.60. The Balaban J connectivity index is 2.02. The van der Waals surface area contributed by atoms with Crippen molar-refractivity contribution < 1.29 is 4.79 Å². The van der Waals surface area contributed by atoms with Crippen molar-refractivity contribution >= 4 is 17.5 Å². The van der Waals surface area contributed by atoms with Gasteiger partial charge in [0.25, 0.3) is 0 Å². The summed E-state index contributed by atoms with van der Waals surface area (Å²) in [4.78, 5) is 12.2. The van der Waals surface area contributed by atoms with E-state index in [9.17, 15) is 4.79 Å². The van der Waals surface area contributed by atoms with Gasteiger partial charge in [-0.25, -0.2) is 0 Å². The standard InChI is InChI=1S/C16H23ClN2O/c1-15(2)13(18)16(3,4)14(15)19-12(20)9-10-6-5-7-11(17)8-10/h5-8,13-14H,9,18H2,1-4H3,(H,19,20). The molecule has 3 N–H and O–H groups in total. The van der Waals surface area contributed by atoms with Crippen LogP contribution in [-0.2, 0) is 11.2 Å². The number of benzene rings is 1. The Labute approximate surface area is 125 Å². The molecular weight excluding hydrogens is 272 g/mol. The first kappa shape index (κ1) is 15.3. The summed E-state index contributed by atoms with van der Waals surface area (Å²) in [6, 6.07) is 7.58. The maximum Gasteiger partial charge on any atom is 0.224 e. The monoisotopic (exact) mass is 294 g/mol. The van der Waals surface area contributed by atoms with Crippen LogP contribution >= 0.6 is 11.6 Å². The fraction of sp³-hybridized carbons (Fsp3) is 0.562. The fourth-order valence-electron chi connectivity index (χ4n) is 3.60. The average Bonchev–Trinajstić information content (AvgIpc) is 2.34. The molecule has 1 fully saturated rings. The van der Waals surface area contributed by atoms with Gasteiger partial charge in [-0.1, -0.05) is 51.4 Å². The zero-order chi connectivity index (χ0) is 15.1. The van der Waals surface area contributed by atoms with Gasteiger partial charge >= 0.3 is 0 Å². The quantitative estimate of drug-likeness (QED) is 0.900. The van der Waals surface area contributed by atoms with Crippen LogP contribution in [0.15, 0.2) is 24.3 Å². The highest BCUT2D eigenvalue weighted by atomic mass is 35.5. The number of carbonyl (C=O) groups excluding carboxylic acids is 1. The molecule has 1 saturated carbocycles. The van der Waals surface area contributed by atoms with Gasteiger partial charge in [-0.2, -0.15) is 0 Å². The third-order valence-corrected chi connectivity index (χ3v) is 4.89. The summed E-state index contributed by atoms with van der Waals surface area (Å²) in [5.41, 5.74) is 6.98. The molecule has 0 radical (unpaired) electrons. The lowest BCUT2D eigenvalue weighted by Crippen LogP contribution is -2.76. The van der Waals surface area contributed by atoms with Gasteiger partial charge in [-0.05, 0) is 17.7 Å². The summed E-state index contributed by atoms with van der Waals surface area (Å²) in [5.74, 6) is 0.0188. The minimum Gasteiger partial charge on any atom is -0.352 e. The summed E-state index contributed by atoms with van der Waals surface area (Å²) >= 11 is 5.93. The van der Waals surface area contributed by atoms with Crippen molar-refractivity contribution in [3.8, 4) is 0 Å². The van der Waals surface area contributed by atoms with E-state index in [1.807, 2.05) is 18.2 Å². The number of carbonyl (C=O) groups is 1. The van der Waals surface area contributed by atoms with Crippen molar-refractivity contribution in [3.05, 3.63) is 34.9 Å². The van der Waals surface area contributed by atoms with Crippen LogP contribution in [0.5, 0.6) is 0 Å². The second kappa shape index (κ2) is 5.05. The molecule has 20 heavy (non-hydrogen) atoms. The van der Waals surface area contributed by atoms with Gasteiger partial charge in [0.1, 0.15) is 0 Å². The van der Waals surface area contributed by atoms with Crippen molar-refractivity contribution in [1.29, 1.82) is 0 Å². The summed E-state index contributed by atoms with van der Waals surface area (Å²) < 4.78 is 0. The molecule has 0 aliphatic heterocycles. The Morgan fingerprint density at radius 2 is 1.90 bits per heavy atom. The summed E-state index contributed by atoms with van der Waals surface area (Å²) in [6.07, 6.45) is 0.346. The van der Waals surface area contributed by atoms with Crippen LogP contribution in [0.1, 0.15) is 33.3 Å². The highest BCUT2D eigenvalue weighted by Crippen LogP contribution is 2.52. The van der Waals surface area contributed by atoms with Crippen molar-refractivity contribution in [2.75, 3.05) is 0 Å². The number of nitrogens with two attached hydrogens (primary N) is 1. The van der Waals surface area contributed by atoms with E-state index in [0.29, 0.717) is 11.4 Å². The normalized spacial score (nSPS) is 26.7. The molecule has 1 aromatic carbocycles. The molecule has 0 aromatic heterocycles. The van der Waals surface area contributed by atoms with Crippen molar-refractivity contribution in [1.82, 2.24) is 5.32 Å². The largest absolute Gasteiger partial charge is 0.352 e. The van der Waals surface area contributed by atoms with Crippen LogP contribution < -0.4 is 11.1 Å². The molecule has 1 amide bonds. The number of amides is 1. The molecule has 110 valence electrons. The van der Waals surface area contributed by atoms with Crippen LogP contribution in [0.3, 0.4) is 0 Å². The molecule has 1 aromatic rings. The lowest BCUT2D eigenvalue weighted by Gasteiger charge is -2.62. The van der Waals surface area contributed by atoms with E-state index in [1.54, 1.807) is 6.07 Å². The Hall–Kier alpha value is -1.06. The topological polar surface area (TPSA) is 55.1 Å². The first-order chi connectivity index (χ1) is 9.15. The molecule has 1 aliphatic rings. The van der Waals surface area contributed by atoms with Crippen molar-refractivity contribution in [3.63, 3.8) is 0 Å². The molecule has 0 spiro atoms. The van der Waals surface area contributed by atoms with E-state index >= 15 is 0 Å². The van der Waals surface area contributed by atoms with E-state index < -0.39 is 0 Å². The van der Waals surface area contributed by atoms with Gasteiger partial charge < -0.3 is 11.1 Å². The van der Waals surface area contributed by atoms with Crippen LogP contribution in [-0.4, -0.2) is 18.0 Å². The summed E-state index contributed by atoms with van der Waals surface area (Å²) in [7, 11) is 0. The lowest BCUT2D eigenvalue weighted by atomic mass is 9.48. The third kappa shape index (κ3) is 2.57. The second-order valence-corrected chi connectivity index (χ2v) is 7.36. The first-order valence-electron chi connectivity index (χ1n) is 6.95. The fourth-order valence-corrected chi connectivity index (χ4v) is 3.81. The zero-order valence-electron chi connectivity index (χ0n) is 12.5. The number of rotatable bonds is 3. The van der Waals surface area contributed by atoms with Crippen LogP contribution in [0.2, 0.25) is 5.02 Å². The van der Waals surface area contributed by atoms with Crippen LogP contribution in [0, 0.1) is 10.8 Å². The molecule has 0 atom stereocenters. The minimum atomic E-state index is -0.0759. The molecule has 3 nitrogen and oxygen atoms in total. The predicted molar refractivity (Wildman–Crippen MR) is 82.6 cm³/mol. The zero-order valence-corrected chi connectivity index (χ0v) is 13.3. The van der Waals surface area contributed by atoms with Gasteiger partial charge in [0.2, 0.25) is 5.91 Å². The predicted octanol–water partition coefficient (Wildman–Crippen LogP) is 2.76. The van der Waals surface area contributed by atoms with E-state index in [0.717, 1.165) is 5.56 Å². The van der Waals surface area contributed by atoms with Gasteiger partial charge in [0.15, 0.2) is 0 Å². The number of hydrogen-bond donors (Lipinski definition) is 2. The Morgan fingerprint density at radius 3 is 2.45 bits per heavy atom. The van der Waals surface area contributed by atoms with Gasteiger partial charge in [0, 0.05) is 27.9 Å². The molecule has 4 heteroatoms. The molecule has 0 heterocycles. The van der Waals surface area contributed by atoms with Gasteiger partial charge in [-0.3, -0.25) is 4.79 Å². The van der Waals surface area contributed by atoms with Crippen molar-refractivity contribution in [2.24, 2.45) is 16.6 Å². The van der Waals surface area contributed by atoms with Crippen LogP contribution in [0.4, 0.5) is 0 Å². The molecule has 0 unspecified atom stereocenters. The molecule has 1 aliphatic carbocycles. The second-order valence-electron chi connectivity index (χ2n) is 6.93. The van der Waals surface area contributed by atoms with Gasteiger partial charge in [-0.15, -0.1) is 0 Å². The first-order valence-corrected chi connectivity index (χ1v) is 7.33. The van der Waals surface area contributed by atoms with Crippen molar-refractivity contribution in [2.45, 2.75) is 46.2 Å². The Kier molecular flexibility index (Phi) is 3.87.